The van der Waals surface area contributed by atoms with Gasteiger partial charge >= 0.3 is 0 Å². The number of amides is 2. The van der Waals surface area contributed by atoms with Crippen molar-refractivity contribution in [2.45, 2.75) is 12.8 Å². The van der Waals surface area contributed by atoms with E-state index in [4.69, 9.17) is 15.2 Å². The first-order valence-electron chi connectivity index (χ1n) is 8.26. The Labute approximate surface area is 154 Å². The number of primary amides is 1. The van der Waals surface area contributed by atoms with Gasteiger partial charge in [0, 0.05) is 24.1 Å². The number of nitrogens with two attached hydrogens (primary N) is 1. The molecule has 0 spiro atoms. The van der Waals surface area contributed by atoms with Crippen LogP contribution >= 0.6 is 0 Å². The topological polar surface area (TPSA) is 108 Å². The molecule has 1 aliphatic rings. The third kappa shape index (κ3) is 4.41. The lowest BCUT2D eigenvalue weighted by atomic mass is 10.1. The van der Waals surface area contributed by atoms with Crippen molar-refractivity contribution >= 4 is 23.3 Å². The van der Waals surface area contributed by atoms with Crippen LogP contribution in [0, 0.1) is 5.82 Å². The molecule has 2 aromatic rings. The molecule has 1 aliphatic heterocycles. The highest BCUT2D eigenvalue weighted by atomic mass is 19.1. The van der Waals surface area contributed by atoms with Crippen LogP contribution in [0.5, 0.6) is 11.5 Å². The Morgan fingerprint density at radius 1 is 1.00 bits per heavy atom. The van der Waals surface area contributed by atoms with E-state index in [-0.39, 0.29) is 29.9 Å². The van der Waals surface area contributed by atoms with Gasteiger partial charge in [0.05, 0.1) is 5.56 Å². The second-order valence-electron chi connectivity index (χ2n) is 5.89. The fourth-order valence-corrected chi connectivity index (χ4v) is 2.60. The van der Waals surface area contributed by atoms with E-state index in [0.29, 0.717) is 30.3 Å². The largest absolute Gasteiger partial charge is 0.486 e. The van der Waals surface area contributed by atoms with Crippen molar-refractivity contribution in [3.05, 3.63) is 53.3 Å². The highest BCUT2D eigenvalue weighted by Gasteiger charge is 2.16. The summed E-state index contributed by atoms with van der Waals surface area (Å²) in [7, 11) is 0. The van der Waals surface area contributed by atoms with Crippen molar-refractivity contribution in [2.75, 3.05) is 18.5 Å². The normalized spacial score (nSPS) is 12.3. The fraction of sp³-hybridized carbons (Fsp3) is 0.211. The summed E-state index contributed by atoms with van der Waals surface area (Å²) in [5, 5.41) is 2.51. The smallest absolute Gasteiger partial charge is 0.251 e. The van der Waals surface area contributed by atoms with Crippen molar-refractivity contribution in [3.8, 4) is 11.5 Å². The molecule has 0 aromatic heterocycles. The molecule has 3 rings (SSSR count). The predicted molar refractivity (Wildman–Crippen MR) is 94.5 cm³/mol. The van der Waals surface area contributed by atoms with Gasteiger partial charge in [0.1, 0.15) is 19.0 Å². The van der Waals surface area contributed by atoms with Gasteiger partial charge in [-0.25, -0.2) is 4.39 Å². The number of ether oxygens (including phenoxy) is 2. The Kier molecular flexibility index (Phi) is 5.35. The zero-order valence-corrected chi connectivity index (χ0v) is 14.3. The number of fused-ring (bicyclic) bond motifs is 1. The van der Waals surface area contributed by atoms with E-state index in [1.165, 1.54) is 6.07 Å². The van der Waals surface area contributed by atoms with Crippen molar-refractivity contribution in [3.63, 3.8) is 0 Å². The van der Waals surface area contributed by atoms with Crippen LogP contribution in [0.3, 0.4) is 0 Å². The molecule has 1 heterocycles. The van der Waals surface area contributed by atoms with Crippen molar-refractivity contribution in [1.82, 2.24) is 0 Å². The number of halogens is 1. The lowest BCUT2D eigenvalue weighted by molar-refractivity contribution is -0.116. The van der Waals surface area contributed by atoms with Crippen LogP contribution in [0.4, 0.5) is 10.1 Å². The van der Waals surface area contributed by atoms with Gasteiger partial charge in [0.2, 0.25) is 5.91 Å². The third-order valence-corrected chi connectivity index (χ3v) is 3.96. The number of nitrogens with one attached hydrogen (secondary N) is 1. The average Bonchev–Trinajstić information content (AvgIpc) is 2.67. The molecule has 0 aliphatic carbocycles. The fourth-order valence-electron chi connectivity index (χ4n) is 2.60. The van der Waals surface area contributed by atoms with E-state index in [9.17, 15) is 18.8 Å². The molecular formula is C19H17FN2O5. The Morgan fingerprint density at radius 3 is 2.48 bits per heavy atom. The first-order valence-corrected chi connectivity index (χ1v) is 8.26. The van der Waals surface area contributed by atoms with Crippen LogP contribution in [0.25, 0.3) is 0 Å². The number of ketones is 1. The molecule has 0 bridgehead atoms. The number of carbonyl (C=O) groups excluding carboxylic acids is 3. The molecule has 0 radical (unpaired) electrons. The minimum absolute atomic E-state index is 0.0185. The maximum Gasteiger partial charge on any atom is 0.251 e. The number of rotatable bonds is 6. The standard InChI is InChI=1S/C19H17FN2O5/c20-14-3-2-12(10-13(14)19(21)25)22-18(24)6-4-15(23)11-1-5-16-17(9-11)27-8-7-26-16/h1-3,5,9-10H,4,6-8H2,(H2,21,25)(H,22,24). The van der Waals surface area contributed by atoms with Gasteiger partial charge in [-0.2, -0.15) is 0 Å². The second-order valence-corrected chi connectivity index (χ2v) is 5.89. The lowest BCUT2D eigenvalue weighted by Gasteiger charge is -2.18. The summed E-state index contributed by atoms with van der Waals surface area (Å²) in [6.45, 7) is 0.874. The number of Topliss-reactive ketones (excluding diaryl/α,β-unsaturated/α-hetero) is 1. The molecule has 27 heavy (non-hydrogen) atoms. The van der Waals surface area contributed by atoms with Crippen LogP contribution < -0.4 is 20.5 Å². The van der Waals surface area contributed by atoms with Crippen LogP contribution in [0.15, 0.2) is 36.4 Å². The number of hydrogen-bond acceptors (Lipinski definition) is 5. The molecule has 0 unspecified atom stereocenters. The van der Waals surface area contributed by atoms with Gasteiger partial charge in [0.15, 0.2) is 17.3 Å². The summed E-state index contributed by atoms with van der Waals surface area (Å²) in [6.07, 6.45) is -0.0914. The number of benzene rings is 2. The van der Waals surface area contributed by atoms with Crippen LogP contribution in [-0.4, -0.2) is 30.8 Å². The van der Waals surface area contributed by atoms with Gasteiger partial charge in [-0.3, -0.25) is 14.4 Å². The monoisotopic (exact) mass is 372 g/mol. The lowest BCUT2D eigenvalue weighted by Crippen LogP contribution is -2.17. The minimum Gasteiger partial charge on any atom is -0.486 e. The molecule has 2 aromatic carbocycles. The molecule has 0 saturated carbocycles. The second kappa shape index (κ2) is 7.86. The minimum atomic E-state index is -0.933. The van der Waals surface area contributed by atoms with Crippen molar-refractivity contribution in [2.24, 2.45) is 5.73 Å². The quantitative estimate of drug-likeness (QED) is 0.757. The third-order valence-electron chi connectivity index (χ3n) is 3.96. The summed E-state index contributed by atoms with van der Waals surface area (Å²) in [5.41, 5.74) is 5.40. The van der Waals surface area contributed by atoms with E-state index in [0.717, 1.165) is 12.1 Å². The Morgan fingerprint density at radius 2 is 1.74 bits per heavy atom. The number of carbonyl (C=O) groups is 3. The van der Waals surface area contributed by atoms with E-state index in [2.05, 4.69) is 5.32 Å². The molecule has 0 fully saturated rings. The maximum absolute atomic E-state index is 13.4. The highest BCUT2D eigenvalue weighted by molar-refractivity contribution is 6.01. The van der Waals surface area contributed by atoms with Gasteiger partial charge in [-0.15, -0.1) is 0 Å². The summed E-state index contributed by atoms with van der Waals surface area (Å²) < 4.78 is 24.3. The van der Waals surface area contributed by atoms with Crippen molar-refractivity contribution in [1.29, 1.82) is 0 Å². The first kappa shape index (κ1) is 18.4. The molecule has 7 nitrogen and oxygen atoms in total. The molecule has 8 heteroatoms. The average molecular weight is 372 g/mol. The number of anilines is 1. The van der Waals surface area contributed by atoms with Crippen molar-refractivity contribution < 1.29 is 28.2 Å². The van der Waals surface area contributed by atoms with Gasteiger partial charge in [-0.1, -0.05) is 0 Å². The summed E-state index contributed by atoms with van der Waals surface area (Å²) in [5.74, 6) is -1.28. The van der Waals surface area contributed by atoms with Crippen LogP contribution in [0.2, 0.25) is 0 Å². The molecule has 2 amide bonds. The summed E-state index contributed by atoms with van der Waals surface area (Å²) in [4.78, 5) is 35.5. The molecule has 3 N–H and O–H groups in total. The Bertz CT molecular complexity index is 913. The molecular weight excluding hydrogens is 355 g/mol. The van der Waals surface area contributed by atoms with E-state index in [1.807, 2.05) is 0 Å². The Balaban J connectivity index is 1.58. The SMILES string of the molecule is NC(=O)c1cc(NC(=O)CCC(=O)c2ccc3c(c2)OCCO3)ccc1F. The van der Waals surface area contributed by atoms with Crippen LogP contribution in [0.1, 0.15) is 33.6 Å². The van der Waals surface area contributed by atoms with E-state index >= 15 is 0 Å². The first-order chi connectivity index (χ1) is 12.9. The Hall–Kier alpha value is -3.42. The van der Waals surface area contributed by atoms with Gasteiger partial charge in [0.25, 0.3) is 5.91 Å². The van der Waals surface area contributed by atoms with Gasteiger partial charge < -0.3 is 20.5 Å². The number of hydrogen-bond donors (Lipinski definition) is 2. The maximum atomic E-state index is 13.4. The van der Waals surface area contributed by atoms with E-state index < -0.39 is 17.6 Å². The zero-order chi connectivity index (χ0) is 19.4. The van der Waals surface area contributed by atoms with Crippen LogP contribution in [-0.2, 0) is 4.79 Å². The molecule has 0 atom stereocenters. The predicted octanol–water partition coefficient (Wildman–Crippen LogP) is 2.30. The zero-order valence-electron chi connectivity index (χ0n) is 14.3. The van der Waals surface area contributed by atoms with Gasteiger partial charge in [-0.05, 0) is 36.4 Å². The highest BCUT2D eigenvalue weighted by Crippen LogP contribution is 2.31. The molecule has 140 valence electrons. The molecule has 0 saturated heterocycles. The van der Waals surface area contributed by atoms with E-state index in [1.54, 1.807) is 18.2 Å². The summed E-state index contributed by atoms with van der Waals surface area (Å²) >= 11 is 0. The summed E-state index contributed by atoms with van der Waals surface area (Å²) in [6, 6.07) is 8.36.